The van der Waals surface area contributed by atoms with E-state index in [1.807, 2.05) is 12.1 Å². The van der Waals surface area contributed by atoms with Crippen molar-refractivity contribution in [2.75, 3.05) is 13.2 Å². The van der Waals surface area contributed by atoms with Gasteiger partial charge in [-0.05, 0) is 30.5 Å². The molecule has 0 aliphatic heterocycles. The highest BCUT2D eigenvalue weighted by molar-refractivity contribution is 7.81. The van der Waals surface area contributed by atoms with Crippen molar-refractivity contribution in [3.63, 3.8) is 0 Å². The molecule has 0 spiro atoms. The van der Waals surface area contributed by atoms with E-state index in [9.17, 15) is 8.42 Å². The van der Waals surface area contributed by atoms with Gasteiger partial charge < -0.3 is 13.8 Å². The predicted molar refractivity (Wildman–Crippen MR) is 102 cm³/mol. The summed E-state index contributed by atoms with van der Waals surface area (Å²) in [6.07, 6.45) is 11.7. The Labute approximate surface area is 162 Å². The zero-order valence-corrected chi connectivity index (χ0v) is 16.7. The molecule has 0 unspecified atom stereocenters. The van der Waals surface area contributed by atoms with Crippen molar-refractivity contribution in [2.45, 2.75) is 58.3 Å². The zero-order valence-electron chi connectivity index (χ0n) is 15.8. The molecule has 1 rings (SSSR count). The lowest BCUT2D eigenvalue weighted by Gasteiger charge is -2.07. The second-order valence-corrected chi connectivity index (χ2v) is 7.13. The second kappa shape index (κ2) is 14.3. The molecule has 0 aromatic heterocycles. The molecule has 0 bridgehead atoms. The molecule has 0 saturated carbocycles. The number of rotatable bonds is 16. The molecule has 1 aromatic carbocycles. The number of hydrogen-bond donors (Lipinski definition) is 1. The van der Waals surface area contributed by atoms with Gasteiger partial charge >= 0.3 is 10.4 Å². The molecule has 154 valence electrons. The van der Waals surface area contributed by atoms with Crippen LogP contribution in [-0.2, 0) is 30.8 Å². The number of aryl methyl sites for hydroxylation is 1. The topological polar surface area (TPSA) is 91.3 Å². The minimum absolute atomic E-state index is 0.135. The maximum atomic E-state index is 10.2. The number of unbranched alkanes of at least 4 members (excludes halogenated alkanes) is 6. The van der Waals surface area contributed by atoms with Gasteiger partial charge in [0, 0.05) is 0 Å². The highest BCUT2D eigenvalue weighted by Gasteiger charge is 1.99. The van der Waals surface area contributed by atoms with Gasteiger partial charge in [0.2, 0.25) is 0 Å². The average molecular weight is 403 g/mol. The first-order chi connectivity index (χ1) is 13.0. The maximum absolute atomic E-state index is 10.2. The van der Waals surface area contributed by atoms with Crippen LogP contribution in [0, 0.1) is 0 Å². The third kappa shape index (κ3) is 14.0. The van der Waals surface area contributed by atoms with Crippen LogP contribution in [0.4, 0.5) is 0 Å². The molecule has 7 nitrogen and oxygen atoms in total. The van der Waals surface area contributed by atoms with Crippen molar-refractivity contribution < 1.29 is 31.7 Å². The van der Waals surface area contributed by atoms with E-state index < -0.39 is 10.4 Å². The molecule has 0 radical (unpaired) electrons. The summed E-state index contributed by atoms with van der Waals surface area (Å²) in [5.41, 5.74) is 1.31. The Kier molecular flexibility index (Phi) is 12.3. The lowest BCUT2D eigenvalue weighted by Crippen LogP contribution is -2.06. The first kappa shape index (κ1) is 23.3. The summed E-state index contributed by atoms with van der Waals surface area (Å²) < 4.78 is 38.1. The average Bonchev–Trinajstić information content (AvgIpc) is 2.63. The van der Waals surface area contributed by atoms with Crippen molar-refractivity contribution in [1.29, 1.82) is 0 Å². The molecule has 0 heterocycles. The monoisotopic (exact) mass is 402 g/mol. The second-order valence-electron chi connectivity index (χ2n) is 6.08. The van der Waals surface area contributed by atoms with Gasteiger partial charge in [0.25, 0.3) is 0 Å². The molecule has 0 fully saturated rings. The Morgan fingerprint density at radius 3 is 2.26 bits per heavy atom. The van der Waals surface area contributed by atoms with E-state index in [1.165, 1.54) is 50.5 Å². The molecule has 0 aliphatic rings. The highest BCUT2D eigenvalue weighted by Crippen LogP contribution is 2.15. The molecule has 0 saturated heterocycles. The van der Waals surface area contributed by atoms with Crippen molar-refractivity contribution in [1.82, 2.24) is 0 Å². The van der Waals surface area contributed by atoms with Crippen molar-refractivity contribution >= 4 is 10.4 Å². The Morgan fingerprint density at radius 2 is 1.59 bits per heavy atom. The van der Waals surface area contributed by atoms with E-state index in [1.54, 1.807) is 0 Å². The van der Waals surface area contributed by atoms with Crippen LogP contribution in [0.15, 0.2) is 36.8 Å². The molecule has 0 amide bonds. The Morgan fingerprint density at radius 1 is 0.926 bits per heavy atom. The summed E-state index contributed by atoms with van der Waals surface area (Å²) in [5.74, 6) is 0.743. The minimum Gasteiger partial charge on any atom is -0.491 e. The van der Waals surface area contributed by atoms with Gasteiger partial charge in [-0.3, -0.25) is 4.55 Å². The van der Waals surface area contributed by atoms with Crippen molar-refractivity contribution in [3.8, 4) is 5.75 Å². The van der Waals surface area contributed by atoms with Gasteiger partial charge in [-0.25, -0.2) is 0 Å². The summed E-state index contributed by atoms with van der Waals surface area (Å²) in [6.45, 7) is 2.64. The van der Waals surface area contributed by atoms with Crippen LogP contribution in [0.3, 0.4) is 0 Å². The number of benzene rings is 1. The SMILES string of the molecule is CCCCCCCCCc1ccc(OCCOO/C=C/OS(=O)(=O)O)cc1. The summed E-state index contributed by atoms with van der Waals surface area (Å²) in [4.78, 5) is 9.24. The lowest BCUT2D eigenvalue weighted by molar-refractivity contribution is -0.252. The summed E-state index contributed by atoms with van der Waals surface area (Å²) in [7, 11) is -4.52. The Hall–Kier alpha value is -1.77. The van der Waals surface area contributed by atoms with Gasteiger partial charge in [-0.1, -0.05) is 57.6 Å². The van der Waals surface area contributed by atoms with Crippen LogP contribution in [-0.4, -0.2) is 26.2 Å². The highest BCUT2D eigenvalue weighted by atomic mass is 32.3. The van der Waals surface area contributed by atoms with E-state index in [0.29, 0.717) is 6.26 Å². The molecular weight excluding hydrogens is 372 g/mol. The Bertz CT molecular complexity index is 611. The molecule has 0 atom stereocenters. The summed E-state index contributed by atoms with van der Waals surface area (Å²) >= 11 is 0. The lowest BCUT2D eigenvalue weighted by atomic mass is 10.0. The number of ether oxygens (including phenoxy) is 1. The first-order valence-electron chi connectivity index (χ1n) is 9.32. The predicted octanol–water partition coefficient (Wildman–Crippen LogP) is 4.60. The van der Waals surface area contributed by atoms with E-state index in [-0.39, 0.29) is 13.2 Å². The quantitative estimate of drug-likeness (QED) is 0.142. The third-order valence-electron chi connectivity index (χ3n) is 3.78. The van der Waals surface area contributed by atoms with E-state index in [2.05, 4.69) is 28.1 Å². The number of hydrogen-bond acceptors (Lipinski definition) is 6. The summed E-state index contributed by atoms with van der Waals surface area (Å²) in [6, 6.07) is 7.99. The van der Waals surface area contributed by atoms with Crippen LogP contribution in [0.2, 0.25) is 0 Å². The van der Waals surface area contributed by atoms with Crippen LogP contribution < -0.4 is 4.74 Å². The zero-order chi connectivity index (χ0) is 19.8. The fourth-order valence-corrected chi connectivity index (χ4v) is 2.62. The van der Waals surface area contributed by atoms with Crippen molar-refractivity contribution in [3.05, 3.63) is 42.4 Å². The van der Waals surface area contributed by atoms with Crippen LogP contribution >= 0.6 is 0 Å². The smallest absolute Gasteiger partial charge is 0.446 e. The van der Waals surface area contributed by atoms with E-state index in [4.69, 9.17) is 14.2 Å². The van der Waals surface area contributed by atoms with Gasteiger partial charge in [0.1, 0.15) is 25.2 Å². The van der Waals surface area contributed by atoms with Crippen molar-refractivity contribution in [2.24, 2.45) is 0 Å². The fourth-order valence-electron chi connectivity index (χ4n) is 2.44. The fraction of sp³-hybridized carbons (Fsp3) is 0.579. The third-order valence-corrected chi connectivity index (χ3v) is 4.14. The van der Waals surface area contributed by atoms with Gasteiger partial charge in [-0.15, -0.1) is 0 Å². The van der Waals surface area contributed by atoms with Gasteiger partial charge in [-0.2, -0.15) is 13.3 Å². The van der Waals surface area contributed by atoms with Crippen LogP contribution in [0.5, 0.6) is 5.75 Å². The first-order valence-corrected chi connectivity index (χ1v) is 10.7. The van der Waals surface area contributed by atoms with Crippen LogP contribution in [0.1, 0.15) is 57.4 Å². The molecule has 0 aliphatic carbocycles. The normalized spacial score (nSPS) is 11.6. The van der Waals surface area contributed by atoms with E-state index in [0.717, 1.165) is 18.4 Å². The van der Waals surface area contributed by atoms with Crippen LogP contribution in [0.25, 0.3) is 0 Å². The molecule has 27 heavy (non-hydrogen) atoms. The standard InChI is InChI=1S/C19H30O7S/c1-2-3-4-5-6-7-8-9-18-10-12-19(13-11-18)23-14-15-24-25-16-17-26-27(20,21)22/h10-13,16-17H,2-9,14-15H2,1H3,(H,20,21,22)/b17-16+. The molecule has 8 heteroatoms. The molecular formula is C19H30O7S. The summed E-state index contributed by atoms with van der Waals surface area (Å²) in [5, 5.41) is 0. The molecule has 1 aromatic rings. The van der Waals surface area contributed by atoms with Gasteiger partial charge in [0.15, 0.2) is 6.26 Å². The van der Waals surface area contributed by atoms with E-state index >= 15 is 0 Å². The largest absolute Gasteiger partial charge is 0.491 e. The Balaban J connectivity index is 2.06. The van der Waals surface area contributed by atoms with Gasteiger partial charge in [0.05, 0.1) is 0 Å². The molecule has 1 N–H and O–H groups in total. The minimum atomic E-state index is -4.52. The maximum Gasteiger partial charge on any atom is 0.446 e.